The fourth-order valence-corrected chi connectivity index (χ4v) is 0.336. The quantitative estimate of drug-likeness (QED) is 0.358. The average Bonchev–Trinajstić information content (AvgIpc) is 1.98. The van der Waals surface area contributed by atoms with Crippen molar-refractivity contribution in [2.24, 2.45) is 0 Å². The van der Waals surface area contributed by atoms with E-state index in [1.807, 2.05) is 0 Å². The van der Waals surface area contributed by atoms with E-state index in [2.05, 4.69) is 9.47 Å². The van der Waals surface area contributed by atoms with Gasteiger partial charge in [-0.2, -0.15) is 0 Å². The standard InChI is InChI=1S/C6H9ClO3/c1-3-4-10-6(8)5(7)9-2/h3-5H,1-2H3. The number of alkyl halides is 1. The highest BCUT2D eigenvalue weighted by Crippen LogP contribution is 1.98. The van der Waals surface area contributed by atoms with E-state index in [0.29, 0.717) is 0 Å². The number of hydrogen-bond donors (Lipinski definition) is 0. The summed E-state index contributed by atoms with van der Waals surface area (Å²) in [6, 6.07) is 0. The van der Waals surface area contributed by atoms with Crippen LogP contribution in [0.25, 0.3) is 0 Å². The van der Waals surface area contributed by atoms with Gasteiger partial charge in [0.1, 0.15) is 0 Å². The predicted molar refractivity (Wildman–Crippen MR) is 37.6 cm³/mol. The molecule has 0 amide bonds. The highest BCUT2D eigenvalue weighted by molar-refractivity contribution is 6.28. The van der Waals surface area contributed by atoms with Crippen LogP contribution in [0.5, 0.6) is 0 Å². The van der Waals surface area contributed by atoms with Gasteiger partial charge in [0.2, 0.25) is 5.56 Å². The van der Waals surface area contributed by atoms with Crippen LogP contribution in [-0.4, -0.2) is 18.6 Å². The molecule has 10 heavy (non-hydrogen) atoms. The monoisotopic (exact) mass is 164 g/mol. The molecule has 0 saturated carbocycles. The fourth-order valence-electron chi connectivity index (χ4n) is 0.285. The van der Waals surface area contributed by atoms with E-state index < -0.39 is 11.5 Å². The SMILES string of the molecule is CC=COC(=O)C(Cl)OC. The van der Waals surface area contributed by atoms with Gasteiger partial charge in [-0.3, -0.25) is 0 Å². The number of hydrogen-bond acceptors (Lipinski definition) is 3. The van der Waals surface area contributed by atoms with E-state index in [1.54, 1.807) is 13.0 Å². The molecule has 0 rings (SSSR count). The zero-order chi connectivity index (χ0) is 7.98. The van der Waals surface area contributed by atoms with Gasteiger partial charge < -0.3 is 9.47 Å². The first-order valence-corrected chi connectivity index (χ1v) is 3.14. The van der Waals surface area contributed by atoms with Crippen LogP contribution in [0.3, 0.4) is 0 Å². The Morgan fingerprint density at radius 1 is 1.70 bits per heavy atom. The molecule has 0 aromatic carbocycles. The highest BCUT2D eigenvalue weighted by atomic mass is 35.5. The number of rotatable bonds is 3. The van der Waals surface area contributed by atoms with Crippen LogP contribution in [0, 0.1) is 0 Å². The van der Waals surface area contributed by atoms with Crippen LogP contribution in [0.1, 0.15) is 6.92 Å². The van der Waals surface area contributed by atoms with Gasteiger partial charge >= 0.3 is 5.97 Å². The van der Waals surface area contributed by atoms with E-state index in [1.165, 1.54) is 13.4 Å². The lowest BCUT2D eigenvalue weighted by Crippen LogP contribution is -2.17. The fraction of sp³-hybridized carbons (Fsp3) is 0.500. The second kappa shape index (κ2) is 5.26. The Bertz CT molecular complexity index is 133. The topological polar surface area (TPSA) is 35.5 Å². The van der Waals surface area contributed by atoms with Gasteiger partial charge in [0.15, 0.2) is 0 Å². The molecule has 0 N–H and O–H groups in total. The lowest BCUT2D eigenvalue weighted by molar-refractivity contribution is -0.144. The predicted octanol–water partition coefficient (Wildman–Crippen LogP) is 1.27. The van der Waals surface area contributed by atoms with Gasteiger partial charge in [0, 0.05) is 7.11 Å². The highest BCUT2D eigenvalue weighted by Gasteiger charge is 2.13. The van der Waals surface area contributed by atoms with Crippen molar-refractivity contribution in [3.8, 4) is 0 Å². The van der Waals surface area contributed by atoms with Gasteiger partial charge in [-0.25, -0.2) is 4.79 Å². The molecule has 0 spiro atoms. The van der Waals surface area contributed by atoms with Crippen molar-refractivity contribution in [1.29, 1.82) is 0 Å². The van der Waals surface area contributed by atoms with Gasteiger partial charge in [0.05, 0.1) is 6.26 Å². The summed E-state index contributed by atoms with van der Waals surface area (Å²) in [7, 11) is 1.33. The van der Waals surface area contributed by atoms with E-state index in [4.69, 9.17) is 11.6 Å². The molecule has 0 radical (unpaired) electrons. The summed E-state index contributed by atoms with van der Waals surface area (Å²) in [6.45, 7) is 1.73. The second-order valence-electron chi connectivity index (χ2n) is 1.46. The summed E-state index contributed by atoms with van der Waals surface area (Å²) in [5.41, 5.74) is -1.02. The molecular weight excluding hydrogens is 156 g/mol. The minimum atomic E-state index is -1.02. The van der Waals surface area contributed by atoms with E-state index in [0.717, 1.165) is 0 Å². The normalized spacial score (nSPS) is 13.5. The first kappa shape index (κ1) is 9.46. The molecular formula is C6H9ClO3. The third-order valence-corrected chi connectivity index (χ3v) is 1.07. The number of ether oxygens (including phenoxy) is 2. The Hall–Kier alpha value is -0.540. The number of halogens is 1. The molecule has 0 aliphatic heterocycles. The molecule has 0 heterocycles. The smallest absolute Gasteiger partial charge is 0.355 e. The van der Waals surface area contributed by atoms with Gasteiger partial charge in [-0.1, -0.05) is 17.7 Å². The van der Waals surface area contributed by atoms with E-state index in [-0.39, 0.29) is 0 Å². The molecule has 0 fully saturated rings. The van der Waals surface area contributed by atoms with Crippen LogP contribution < -0.4 is 0 Å². The van der Waals surface area contributed by atoms with Crippen LogP contribution in [0.4, 0.5) is 0 Å². The third-order valence-electron chi connectivity index (χ3n) is 0.713. The van der Waals surface area contributed by atoms with Crippen LogP contribution in [-0.2, 0) is 14.3 Å². The first-order valence-electron chi connectivity index (χ1n) is 2.71. The van der Waals surface area contributed by atoms with Crippen molar-refractivity contribution in [3.63, 3.8) is 0 Å². The Morgan fingerprint density at radius 3 is 2.70 bits per heavy atom. The molecule has 0 aliphatic carbocycles. The van der Waals surface area contributed by atoms with Gasteiger partial charge in [-0.15, -0.1) is 0 Å². The number of allylic oxidation sites excluding steroid dienone is 1. The zero-order valence-electron chi connectivity index (χ0n) is 5.83. The molecule has 58 valence electrons. The Labute approximate surface area is 64.6 Å². The van der Waals surface area contributed by atoms with Crippen molar-refractivity contribution in [2.45, 2.75) is 12.5 Å². The summed E-state index contributed by atoms with van der Waals surface area (Å²) in [6.07, 6.45) is 2.83. The molecule has 0 aromatic heterocycles. The summed E-state index contributed by atoms with van der Waals surface area (Å²) in [5, 5.41) is 0. The maximum Gasteiger partial charge on any atom is 0.355 e. The Morgan fingerprint density at radius 2 is 2.30 bits per heavy atom. The van der Waals surface area contributed by atoms with Crippen molar-refractivity contribution < 1.29 is 14.3 Å². The van der Waals surface area contributed by atoms with Gasteiger partial charge in [0.25, 0.3) is 0 Å². The Balaban J connectivity index is 3.62. The molecule has 0 bridgehead atoms. The number of carbonyl (C=O) groups excluding carboxylic acids is 1. The van der Waals surface area contributed by atoms with Crippen LogP contribution in [0.15, 0.2) is 12.3 Å². The van der Waals surface area contributed by atoms with E-state index >= 15 is 0 Å². The van der Waals surface area contributed by atoms with Gasteiger partial charge in [-0.05, 0) is 6.92 Å². The average molecular weight is 165 g/mol. The van der Waals surface area contributed by atoms with Crippen LogP contribution >= 0.6 is 11.6 Å². The lowest BCUT2D eigenvalue weighted by Gasteiger charge is -2.02. The molecule has 3 nitrogen and oxygen atoms in total. The zero-order valence-corrected chi connectivity index (χ0v) is 6.59. The summed E-state index contributed by atoms with van der Waals surface area (Å²) in [5.74, 6) is -0.609. The third kappa shape index (κ3) is 3.48. The summed E-state index contributed by atoms with van der Waals surface area (Å²) < 4.78 is 8.93. The molecule has 1 unspecified atom stereocenters. The molecule has 0 aromatic rings. The van der Waals surface area contributed by atoms with Crippen molar-refractivity contribution in [1.82, 2.24) is 0 Å². The second-order valence-corrected chi connectivity index (χ2v) is 1.85. The maximum absolute atomic E-state index is 10.6. The maximum atomic E-state index is 10.6. The molecule has 0 aliphatic rings. The largest absolute Gasteiger partial charge is 0.432 e. The van der Waals surface area contributed by atoms with Crippen molar-refractivity contribution >= 4 is 17.6 Å². The van der Waals surface area contributed by atoms with E-state index in [9.17, 15) is 4.79 Å². The van der Waals surface area contributed by atoms with Crippen molar-refractivity contribution in [3.05, 3.63) is 12.3 Å². The Kier molecular flexibility index (Phi) is 4.98. The molecule has 1 atom stereocenters. The molecule has 0 saturated heterocycles. The summed E-state index contributed by atoms with van der Waals surface area (Å²) >= 11 is 5.32. The van der Waals surface area contributed by atoms with Crippen molar-refractivity contribution in [2.75, 3.05) is 7.11 Å². The minimum Gasteiger partial charge on any atom is -0.432 e. The van der Waals surface area contributed by atoms with Crippen LogP contribution in [0.2, 0.25) is 0 Å². The molecule has 4 heteroatoms. The number of carbonyl (C=O) groups is 1. The first-order chi connectivity index (χ1) is 4.72. The minimum absolute atomic E-state index is 0.609. The number of esters is 1. The summed E-state index contributed by atoms with van der Waals surface area (Å²) in [4.78, 5) is 10.6. The lowest BCUT2D eigenvalue weighted by atomic mass is 10.7. The number of methoxy groups -OCH3 is 1.